The van der Waals surface area contributed by atoms with E-state index in [2.05, 4.69) is 5.32 Å². The van der Waals surface area contributed by atoms with Crippen molar-refractivity contribution in [1.29, 1.82) is 0 Å². The summed E-state index contributed by atoms with van der Waals surface area (Å²) in [7, 11) is 3.45. The minimum Gasteiger partial charge on any atom is -0.385 e. The van der Waals surface area contributed by atoms with E-state index in [4.69, 9.17) is 4.74 Å². The van der Waals surface area contributed by atoms with Gasteiger partial charge in [0.05, 0.1) is 0 Å². The van der Waals surface area contributed by atoms with Crippen molar-refractivity contribution >= 4 is 6.03 Å². The van der Waals surface area contributed by atoms with Gasteiger partial charge in [-0.2, -0.15) is 0 Å². The molecule has 0 aromatic carbocycles. The van der Waals surface area contributed by atoms with Crippen LogP contribution < -0.4 is 5.32 Å². The number of carbonyl (C=O) groups is 1. The van der Waals surface area contributed by atoms with Crippen molar-refractivity contribution in [3.63, 3.8) is 0 Å². The first-order valence-corrected chi connectivity index (χ1v) is 4.58. The van der Waals surface area contributed by atoms with Crippen LogP contribution in [-0.2, 0) is 4.74 Å². The van der Waals surface area contributed by atoms with E-state index < -0.39 is 0 Å². The molecule has 0 rings (SSSR count). The van der Waals surface area contributed by atoms with Gasteiger partial charge < -0.3 is 15.0 Å². The second kappa shape index (κ2) is 6.71. The zero-order valence-electron chi connectivity index (χ0n) is 8.96. The standard InChI is InChI=1S/C9H20N2O2/c1-8(2)10-9(12)11(3)6-5-7-13-4/h8H,5-7H2,1-4H3,(H,10,12). The summed E-state index contributed by atoms with van der Waals surface area (Å²) in [6.45, 7) is 5.31. The fourth-order valence-electron chi connectivity index (χ4n) is 0.905. The molecule has 0 saturated heterocycles. The van der Waals surface area contributed by atoms with Crippen molar-refractivity contribution in [2.24, 2.45) is 0 Å². The lowest BCUT2D eigenvalue weighted by Crippen LogP contribution is -2.41. The quantitative estimate of drug-likeness (QED) is 0.656. The Hall–Kier alpha value is -0.770. The topological polar surface area (TPSA) is 41.6 Å². The average Bonchev–Trinajstić information content (AvgIpc) is 2.03. The highest BCUT2D eigenvalue weighted by Gasteiger charge is 2.07. The number of hydrogen-bond acceptors (Lipinski definition) is 2. The summed E-state index contributed by atoms with van der Waals surface area (Å²) in [6.07, 6.45) is 0.874. The van der Waals surface area contributed by atoms with E-state index in [1.165, 1.54) is 0 Å². The molecule has 13 heavy (non-hydrogen) atoms. The summed E-state index contributed by atoms with van der Waals surface area (Å²) in [4.78, 5) is 13.0. The van der Waals surface area contributed by atoms with E-state index in [-0.39, 0.29) is 12.1 Å². The van der Waals surface area contributed by atoms with Crippen molar-refractivity contribution in [3.05, 3.63) is 0 Å². The van der Waals surface area contributed by atoms with Gasteiger partial charge in [0.1, 0.15) is 0 Å². The number of hydrogen-bond donors (Lipinski definition) is 1. The Balaban J connectivity index is 3.57. The van der Waals surface area contributed by atoms with Gasteiger partial charge in [0.2, 0.25) is 0 Å². The van der Waals surface area contributed by atoms with Crippen molar-refractivity contribution in [2.75, 3.05) is 27.3 Å². The fourth-order valence-corrected chi connectivity index (χ4v) is 0.905. The van der Waals surface area contributed by atoms with Crippen LogP contribution in [-0.4, -0.2) is 44.3 Å². The number of amides is 2. The van der Waals surface area contributed by atoms with Crippen LogP contribution in [0.5, 0.6) is 0 Å². The Bertz CT molecular complexity index is 149. The molecule has 0 spiro atoms. The zero-order chi connectivity index (χ0) is 10.3. The molecule has 0 aliphatic heterocycles. The second-order valence-corrected chi connectivity index (χ2v) is 3.37. The van der Waals surface area contributed by atoms with Gasteiger partial charge in [0, 0.05) is 33.4 Å². The third kappa shape index (κ3) is 6.40. The van der Waals surface area contributed by atoms with Gasteiger partial charge in [-0.05, 0) is 20.3 Å². The maximum Gasteiger partial charge on any atom is 0.317 e. The Morgan fingerprint density at radius 2 is 2.15 bits per heavy atom. The van der Waals surface area contributed by atoms with Gasteiger partial charge in [0.15, 0.2) is 0 Å². The van der Waals surface area contributed by atoms with Gasteiger partial charge in [-0.3, -0.25) is 0 Å². The molecule has 0 bridgehead atoms. The van der Waals surface area contributed by atoms with Gasteiger partial charge in [-0.25, -0.2) is 4.79 Å². The van der Waals surface area contributed by atoms with Gasteiger partial charge in [0.25, 0.3) is 0 Å². The van der Waals surface area contributed by atoms with E-state index in [0.717, 1.165) is 13.0 Å². The first-order valence-electron chi connectivity index (χ1n) is 4.58. The molecule has 0 fully saturated rings. The van der Waals surface area contributed by atoms with Crippen LogP contribution in [0.15, 0.2) is 0 Å². The summed E-state index contributed by atoms with van der Waals surface area (Å²) in [5, 5.41) is 2.82. The molecular formula is C9H20N2O2. The lowest BCUT2D eigenvalue weighted by Gasteiger charge is -2.19. The predicted molar refractivity (Wildman–Crippen MR) is 52.8 cm³/mol. The molecular weight excluding hydrogens is 168 g/mol. The van der Waals surface area contributed by atoms with Gasteiger partial charge in [-0.1, -0.05) is 0 Å². The zero-order valence-corrected chi connectivity index (χ0v) is 8.96. The summed E-state index contributed by atoms with van der Waals surface area (Å²) in [6, 6.07) is 0.170. The highest BCUT2D eigenvalue weighted by atomic mass is 16.5. The molecule has 78 valence electrons. The minimum absolute atomic E-state index is 0.0221. The first kappa shape index (κ1) is 12.2. The molecule has 4 nitrogen and oxygen atoms in total. The van der Waals surface area contributed by atoms with Crippen molar-refractivity contribution in [1.82, 2.24) is 10.2 Å². The van der Waals surface area contributed by atoms with E-state index in [0.29, 0.717) is 6.61 Å². The molecule has 0 aliphatic carbocycles. The van der Waals surface area contributed by atoms with E-state index in [1.807, 2.05) is 13.8 Å². The van der Waals surface area contributed by atoms with Crippen LogP contribution in [0.4, 0.5) is 4.79 Å². The third-order valence-corrected chi connectivity index (χ3v) is 1.60. The highest BCUT2D eigenvalue weighted by molar-refractivity contribution is 5.74. The minimum atomic E-state index is -0.0221. The Morgan fingerprint density at radius 1 is 1.54 bits per heavy atom. The van der Waals surface area contributed by atoms with E-state index in [9.17, 15) is 4.79 Å². The van der Waals surface area contributed by atoms with Crippen LogP contribution in [0.25, 0.3) is 0 Å². The van der Waals surface area contributed by atoms with Crippen LogP contribution >= 0.6 is 0 Å². The third-order valence-electron chi connectivity index (χ3n) is 1.60. The largest absolute Gasteiger partial charge is 0.385 e. The molecule has 0 aliphatic rings. The second-order valence-electron chi connectivity index (χ2n) is 3.37. The Kier molecular flexibility index (Phi) is 6.32. The SMILES string of the molecule is COCCCN(C)C(=O)NC(C)C. The van der Waals surface area contributed by atoms with Crippen molar-refractivity contribution in [2.45, 2.75) is 26.3 Å². The predicted octanol–water partition coefficient (Wildman–Crippen LogP) is 1.07. The fraction of sp³-hybridized carbons (Fsp3) is 0.889. The molecule has 0 radical (unpaired) electrons. The summed E-state index contributed by atoms with van der Waals surface area (Å²) >= 11 is 0. The molecule has 0 saturated carbocycles. The van der Waals surface area contributed by atoms with Crippen LogP contribution in [0.2, 0.25) is 0 Å². The number of carbonyl (C=O) groups excluding carboxylic acids is 1. The number of nitrogens with zero attached hydrogens (tertiary/aromatic N) is 1. The van der Waals surface area contributed by atoms with Crippen LogP contribution in [0.3, 0.4) is 0 Å². The van der Waals surface area contributed by atoms with Gasteiger partial charge in [-0.15, -0.1) is 0 Å². The number of methoxy groups -OCH3 is 1. The highest BCUT2D eigenvalue weighted by Crippen LogP contribution is 1.90. The lowest BCUT2D eigenvalue weighted by molar-refractivity contribution is 0.174. The van der Waals surface area contributed by atoms with Crippen LogP contribution in [0.1, 0.15) is 20.3 Å². The first-order chi connectivity index (χ1) is 6.07. The molecule has 2 amide bonds. The normalized spacial score (nSPS) is 10.2. The molecule has 0 heterocycles. The molecule has 4 heteroatoms. The number of nitrogens with one attached hydrogen (secondary N) is 1. The number of urea groups is 1. The van der Waals surface area contributed by atoms with E-state index >= 15 is 0 Å². The van der Waals surface area contributed by atoms with E-state index in [1.54, 1.807) is 19.1 Å². The molecule has 0 aromatic rings. The van der Waals surface area contributed by atoms with Crippen molar-refractivity contribution < 1.29 is 9.53 Å². The smallest absolute Gasteiger partial charge is 0.317 e. The lowest BCUT2D eigenvalue weighted by atomic mass is 10.4. The maximum atomic E-state index is 11.3. The molecule has 0 unspecified atom stereocenters. The monoisotopic (exact) mass is 188 g/mol. The summed E-state index contributed by atoms with van der Waals surface area (Å²) < 4.78 is 4.89. The average molecular weight is 188 g/mol. The Labute approximate surface area is 80.2 Å². The molecule has 1 N–H and O–H groups in total. The number of rotatable bonds is 5. The molecule has 0 atom stereocenters. The summed E-state index contributed by atoms with van der Waals surface area (Å²) in [5.41, 5.74) is 0. The van der Waals surface area contributed by atoms with Crippen molar-refractivity contribution in [3.8, 4) is 0 Å². The number of ether oxygens (including phenoxy) is 1. The van der Waals surface area contributed by atoms with Gasteiger partial charge >= 0.3 is 6.03 Å². The summed E-state index contributed by atoms with van der Waals surface area (Å²) in [5.74, 6) is 0. The van der Waals surface area contributed by atoms with Crippen LogP contribution in [0, 0.1) is 0 Å². The Morgan fingerprint density at radius 3 is 2.62 bits per heavy atom. The maximum absolute atomic E-state index is 11.3. The molecule has 0 aromatic heterocycles.